The fraction of sp³-hybridized carbons (Fsp3) is 0.0476. The smallest absolute Gasteiger partial charge is 0.120 e. The van der Waals surface area contributed by atoms with Crippen LogP contribution in [0.4, 0.5) is 5.69 Å². The molecule has 0 fully saturated rings. The minimum Gasteiger partial charge on any atom is -0.497 e. The first-order valence-corrected chi connectivity index (χ1v) is 7.79. The number of benzene rings is 3. The maximum atomic E-state index is 5.45. The number of hydrogen-bond acceptors (Lipinski definition) is 2. The molecule has 0 amide bonds. The molecule has 0 aliphatic carbocycles. The number of rotatable bonds is 2. The lowest BCUT2D eigenvalue weighted by molar-refractivity contribution is 0.415. The monoisotopic (exact) mass is 316 g/mol. The Morgan fingerprint density at radius 2 is 1.54 bits per heavy atom. The number of nitrogens with one attached hydrogen (secondary N) is 1. The van der Waals surface area contributed by atoms with E-state index in [1.54, 1.807) is 13.2 Å². The average Bonchev–Trinajstić information content (AvgIpc) is 3.07. The predicted molar refractivity (Wildman–Crippen MR) is 101 cm³/mol. The van der Waals surface area contributed by atoms with E-state index in [4.69, 9.17) is 10.5 Å². The van der Waals surface area contributed by atoms with Gasteiger partial charge in [-0.2, -0.15) is 0 Å². The molecule has 0 bridgehead atoms. The van der Waals surface area contributed by atoms with Crippen molar-refractivity contribution in [2.75, 3.05) is 12.8 Å². The minimum absolute atomic E-state index is 0.731. The van der Waals surface area contributed by atoms with Crippen molar-refractivity contribution in [3.8, 4) is 17.0 Å². The predicted octanol–water partition coefficient (Wildman–Crippen LogP) is 5.11. The van der Waals surface area contributed by atoms with E-state index in [0.717, 1.165) is 11.4 Å². The van der Waals surface area contributed by atoms with Crippen molar-refractivity contribution in [2.24, 2.45) is 0 Å². The van der Waals surface area contributed by atoms with Gasteiger partial charge < -0.3 is 15.5 Å². The first-order chi connectivity index (χ1) is 11.8. The summed E-state index contributed by atoms with van der Waals surface area (Å²) in [5, 5.41) is 1.26. The molecular formula is C21H20N2O. The van der Waals surface area contributed by atoms with Crippen LogP contribution in [-0.2, 0) is 0 Å². The Balaban J connectivity index is 0.000000162. The van der Waals surface area contributed by atoms with Gasteiger partial charge in [0.15, 0.2) is 0 Å². The van der Waals surface area contributed by atoms with E-state index in [-0.39, 0.29) is 0 Å². The second-order valence-corrected chi connectivity index (χ2v) is 5.41. The van der Waals surface area contributed by atoms with Crippen LogP contribution >= 0.6 is 0 Å². The van der Waals surface area contributed by atoms with Crippen LogP contribution in [0.1, 0.15) is 0 Å². The topological polar surface area (TPSA) is 51.0 Å². The van der Waals surface area contributed by atoms with Crippen molar-refractivity contribution in [2.45, 2.75) is 0 Å². The van der Waals surface area contributed by atoms with E-state index in [1.165, 1.54) is 22.2 Å². The molecule has 0 aliphatic heterocycles. The third-order valence-electron chi connectivity index (χ3n) is 3.71. The Kier molecular flexibility index (Phi) is 4.82. The third-order valence-corrected chi connectivity index (χ3v) is 3.71. The molecule has 0 atom stereocenters. The molecule has 3 heteroatoms. The molecule has 3 N–H and O–H groups in total. The molecule has 120 valence electrons. The highest BCUT2D eigenvalue weighted by atomic mass is 16.5. The maximum absolute atomic E-state index is 5.45. The van der Waals surface area contributed by atoms with Gasteiger partial charge in [0.05, 0.1) is 7.11 Å². The minimum atomic E-state index is 0.731. The van der Waals surface area contributed by atoms with E-state index in [0.29, 0.717) is 0 Å². The molecule has 1 heterocycles. The summed E-state index contributed by atoms with van der Waals surface area (Å²) in [5.41, 5.74) is 9.78. The van der Waals surface area contributed by atoms with Crippen LogP contribution in [0.3, 0.4) is 0 Å². The number of nitrogen functional groups attached to an aromatic ring is 1. The van der Waals surface area contributed by atoms with Gasteiger partial charge in [-0.1, -0.05) is 54.6 Å². The Morgan fingerprint density at radius 3 is 2.21 bits per heavy atom. The lowest BCUT2D eigenvalue weighted by Crippen LogP contribution is -1.86. The highest BCUT2D eigenvalue weighted by molar-refractivity contribution is 5.85. The molecule has 3 nitrogen and oxygen atoms in total. The first-order valence-electron chi connectivity index (χ1n) is 7.79. The summed E-state index contributed by atoms with van der Waals surface area (Å²) in [7, 11) is 1.62. The van der Waals surface area contributed by atoms with Crippen molar-refractivity contribution in [3.63, 3.8) is 0 Å². The Labute approximate surface area is 141 Å². The molecule has 0 saturated heterocycles. The van der Waals surface area contributed by atoms with Crippen LogP contribution in [0.5, 0.6) is 5.75 Å². The fourth-order valence-corrected chi connectivity index (χ4v) is 2.49. The van der Waals surface area contributed by atoms with Crippen molar-refractivity contribution in [1.29, 1.82) is 0 Å². The number of anilines is 1. The molecule has 24 heavy (non-hydrogen) atoms. The standard InChI is InChI=1S/C14H11N.C7H9NO/c1-2-6-11(7-3-1)14-10-12-8-4-5-9-13(12)15-14;1-9-7-4-2-3-6(8)5-7/h1-10,15H;2-5H,8H2,1H3. The molecule has 3 aromatic carbocycles. The fourth-order valence-electron chi connectivity index (χ4n) is 2.49. The number of aromatic nitrogens is 1. The molecular weight excluding hydrogens is 296 g/mol. The summed E-state index contributed by atoms with van der Waals surface area (Å²) in [5.74, 6) is 0.801. The molecule has 4 rings (SSSR count). The summed E-state index contributed by atoms with van der Waals surface area (Å²) in [4.78, 5) is 3.41. The summed E-state index contributed by atoms with van der Waals surface area (Å²) in [6.07, 6.45) is 0. The van der Waals surface area contributed by atoms with Gasteiger partial charge in [0.2, 0.25) is 0 Å². The van der Waals surface area contributed by atoms with Gasteiger partial charge >= 0.3 is 0 Å². The van der Waals surface area contributed by atoms with Crippen LogP contribution in [-0.4, -0.2) is 12.1 Å². The zero-order valence-electron chi connectivity index (χ0n) is 13.6. The van der Waals surface area contributed by atoms with Crippen LogP contribution in [0.25, 0.3) is 22.2 Å². The molecule has 4 aromatic rings. The highest BCUT2D eigenvalue weighted by Gasteiger charge is 2.00. The molecule has 1 aromatic heterocycles. The zero-order valence-corrected chi connectivity index (χ0v) is 13.6. The van der Waals surface area contributed by atoms with Crippen LogP contribution in [0.2, 0.25) is 0 Å². The summed E-state index contributed by atoms with van der Waals surface area (Å²) >= 11 is 0. The second-order valence-electron chi connectivity index (χ2n) is 5.41. The first kappa shape index (κ1) is 15.7. The van der Waals surface area contributed by atoms with E-state index >= 15 is 0 Å². The normalized spacial score (nSPS) is 10.0. The number of aromatic amines is 1. The van der Waals surface area contributed by atoms with Gasteiger partial charge in [-0.15, -0.1) is 0 Å². The van der Waals surface area contributed by atoms with E-state index in [9.17, 15) is 0 Å². The summed E-state index contributed by atoms with van der Waals surface area (Å²) in [6.45, 7) is 0. The molecule has 0 spiro atoms. The Hall–Kier alpha value is -3.20. The van der Waals surface area contributed by atoms with Gasteiger partial charge in [0.1, 0.15) is 5.75 Å². The number of fused-ring (bicyclic) bond motifs is 1. The number of para-hydroxylation sites is 1. The molecule has 0 unspecified atom stereocenters. The lowest BCUT2D eigenvalue weighted by atomic mass is 10.1. The number of H-pyrrole nitrogens is 1. The largest absolute Gasteiger partial charge is 0.497 e. The summed E-state index contributed by atoms with van der Waals surface area (Å²) in [6, 6.07) is 28.2. The molecule has 0 radical (unpaired) electrons. The summed E-state index contributed by atoms with van der Waals surface area (Å²) < 4.78 is 4.92. The van der Waals surface area contributed by atoms with E-state index in [1.807, 2.05) is 30.3 Å². The van der Waals surface area contributed by atoms with Crippen molar-refractivity contribution in [3.05, 3.63) is 84.9 Å². The lowest BCUT2D eigenvalue weighted by Gasteiger charge is -1.97. The van der Waals surface area contributed by atoms with Crippen LogP contribution in [0, 0.1) is 0 Å². The van der Waals surface area contributed by atoms with Crippen molar-refractivity contribution < 1.29 is 4.74 Å². The quantitative estimate of drug-likeness (QED) is 0.505. The second kappa shape index (κ2) is 7.38. The number of hydrogen-bond donors (Lipinski definition) is 2. The van der Waals surface area contributed by atoms with Crippen molar-refractivity contribution in [1.82, 2.24) is 4.98 Å². The van der Waals surface area contributed by atoms with E-state index in [2.05, 4.69) is 53.5 Å². The van der Waals surface area contributed by atoms with Gasteiger partial charge in [0.25, 0.3) is 0 Å². The zero-order chi connectivity index (χ0) is 16.8. The number of ether oxygens (including phenoxy) is 1. The van der Waals surface area contributed by atoms with Gasteiger partial charge in [-0.25, -0.2) is 0 Å². The Morgan fingerprint density at radius 1 is 0.792 bits per heavy atom. The SMILES string of the molecule is COc1cccc(N)c1.c1ccc(-c2cc3ccccc3[nH]2)cc1. The Bertz CT molecular complexity index is 880. The van der Waals surface area contributed by atoms with Gasteiger partial charge in [-0.3, -0.25) is 0 Å². The third kappa shape index (κ3) is 3.76. The van der Waals surface area contributed by atoms with E-state index < -0.39 is 0 Å². The highest BCUT2D eigenvalue weighted by Crippen LogP contribution is 2.23. The van der Waals surface area contributed by atoms with Crippen LogP contribution < -0.4 is 10.5 Å². The molecule has 0 saturated carbocycles. The number of nitrogens with two attached hydrogens (primary N) is 1. The van der Waals surface area contributed by atoms with Gasteiger partial charge in [0, 0.05) is 28.4 Å². The van der Waals surface area contributed by atoms with Crippen LogP contribution in [0.15, 0.2) is 84.9 Å². The molecule has 0 aliphatic rings. The van der Waals surface area contributed by atoms with Gasteiger partial charge in [-0.05, 0) is 29.8 Å². The number of methoxy groups -OCH3 is 1. The maximum Gasteiger partial charge on any atom is 0.120 e. The average molecular weight is 316 g/mol. The van der Waals surface area contributed by atoms with Crippen molar-refractivity contribution >= 4 is 16.6 Å².